The van der Waals surface area contributed by atoms with Gasteiger partial charge in [-0.25, -0.2) is 15.0 Å². The summed E-state index contributed by atoms with van der Waals surface area (Å²) in [6, 6.07) is 0. The van der Waals surface area contributed by atoms with Crippen molar-refractivity contribution in [2.75, 3.05) is 24.6 Å². The summed E-state index contributed by atoms with van der Waals surface area (Å²) in [5.41, 5.74) is 5.92. The molecule has 0 radical (unpaired) electrons. The number of ether oxygens (including phenoxy) is 1. The predicted molar refractivity (Wildman–Crippen MR) is 119 cm³/mol. The first kappa shape index (κ1) is 20.3. The quantitative estimate of drug-likeness (QED) is 0.638. The van der Waals surface area contributed by atoms with Crippen LogP contribution >= 0.6 is 0 Å². The first-order chi connectivity index (χ1) is 14.8. The molecule has 0 amide bonds. The first-order valence-electron chi connectivity index (χ1n) is 11.2. The van der Waals surface area contributed by atoms with E-state index < -0.39 is 0 Å². The lowest BCUT2D eigenvalue weighted by atomic mass is 9.89. The molecule has 0 aromatic carbocycles. The van der Waals surface area contributed by atoms with Crippen LogP contribution in [0.15, 0.2) is 12.4 Å². The summed E-state index contributed by atoms with van der Waals surface area (Å²) in [6.07, 6.45) is 7.31. The van der Waals surface area contributed by atoms with Crippen molar-refractivity contribution in [1.29, 1.82) is 0 Å². The summed E-state index contributed by atoms with van der Waals surface area (Å²) >= 11 is 0. The zero-order valence-corrected chi connectivity index (χ0v) is 19.1. The van der Waals surface area contributed by atoms with Gasteiger partial charge in [0.05, 0.1) is 36.4 Å². The van der Waals surface area contributed by atoms with E-state index in [1.54, 1.807) is 0 Å². The Balaban J connectivity index is 1.55. The zero-order valence-electron chi connectivity index (χ0n) is 19.1. The van der Waals surface area contributed by atoms with Crippen LogP contribution in [-0.4, -0.2) is 49.4 Å². The molecule has 8 nitrogen and oxygen atoms in total. The number of morpholine rings is 1. The molecule has 0 spiro atoms. The van der Waals surface area contributed by atoms with E-state index in [2.05, 4.69) is 23.8 Å². The third kappa shape index (κ3) is 3.89. The fourth-order valence-electron chi connectivity index (χ4n) is 4.86. The highest BCUT2D eigenvalue weighted by atomic mass is 16.5. The van der Waals surface area contributed by atoms with Crippen molar-refractivity contribution in [2.45, 2.75) is 59.0 Å². The highest BCUT2D eigenvalue weighted by Crippen LogP contribution is 2.46. The van der Waals surface area contributed by atoms with Gasteiger partial charge in [-0.2, -0.15) is 10.1 Å². The van der Waals surface area contributed by atoms with E-state index in [1.807, 2.05) is 38.0 Å². The van der Waals surface area contributed by atoms with Gasteiger partial charge in [0.15, 0.2) is 5.65 Å². The molecule has 164 valence electrons. The number of hydrogen-bond donors (Lipinski definition) is 0. The van der Waals surface area contributed by atoms with Crippen molar-refractivity contribution in [3.05, 3.63) is 35.0 Å². The largest absolute Gasteiger partial charge is 0.370 e. The summed E-state index contributed by atoms with van der Waals surface area (Å²) in [5.74, 6) is 1.13. The number of aromatic nitrogens is 6. The molecular weight excluding hydrogens is 390 g/mol. The highest BCUT2D eigenvalue weighted by Gasteiger charge is 2.35. The second kappa shape index (κ2) is 7.51. The van der Waals surface area contributed by atoms with Gasteiger partial charge >= 0.3 is 0 Å². The first-order valence-corrected chi connectivity index (χ1v) is 11.2. The summed E-state index contributed by atoms with van der Waals surface area (Å²) in [5, 5.41) is 4.30. The van der Waals surface area contributed by atoms with E-state index in [9.17, 15) is 0 Å². The third-order valence-corrected chi connectivity index (χ3v) is 6.76. The lowest BCUT2D eigenvalue weighted by Crippen LogP contribution is -2.39. The molecule has 0 bridgehead atoms. The minimum absolute atomic E-state index is 0.0403. The smallest absolute Gasteiger partial charge is 0.227 e. The lowest BCUT2D eigenvalue weighted by molar-refractivity contribution is 0.0392. The molecule has 4 heterocycles. The van der Waals surface area contributed by atoms with Gasteiger partial charge in [-0.15, -0.1) is 0 Å². The van der Waals surface area contributed by atoms with E-state index in [-0.39, 0.29) is 6.10 Å². The summed E-state index contributed by atoms with van der Waals surface area (Å²) < 4.78 is 7.84. The molecule has 1 saturated carbocycles. The molecule has 3 aromatic rings. The van der Waals surface area contributed by atoms with Crippen molar-refractivity contribution >= 4 is 17.1 Å². The van der Waals surface area contributed by atoms with Gasteiger partial charge in [-0.05, 0) is 38.5 Å². The maximum absolute atomic E-state index is 6.03. The van der Waals surface area contributed by atoms with Gasteiger partial charge in [-0.1, -0.05) is 13.8 Å². The summed E-state index contributed by atoms with van der Waals surface area (Å²) in [6.45, 7) is 10.8. The van der Waals surface area contributed by atoms with E-state index in [1.165, 1.54) is 6.42 Å². The van der Waals surface area contributed by atoms with Gasteiger partial charge in [0.25, 0.3) is 0 Å². The van der Waals surface area contributed by atoms with Crippen molar-refractivity contribution in [2.24, 2.45) is 12.5 Å². The molecule has 8 heteroatoms. The maximum Gasteiger partial charge on any atom is 0.227 e. The second-order valence-corrected chi connectivity index (χ2v) is 9.83. The molecule has 1 saturated heterocycles. The van der Waals surface area contributed by atoms with Crippen LogP contribution in [0.1, 0.15) is 67.8 Å². The Hall–Kier alpha value is -2.61. The Morgan fingerprint density at radius 2 is 1.90 bits per heavy atom. The minimum atomic E-state index is -0.0403. The van der Waals surface area contributed by atoms with Crippen LogP contribution in [0.4, 0.5) is 5.95 Å². The van der Waals surface area contributed by atoms with Gasteiger partial charge in [0, 0.05) is 31.3 Å². The third-order valence-electron chi connectivity index (χ3n) is 6.76. The summed E-state index contributed by atoms with van der Waals surface area (Å²) in [7, 11) is 1.93. The lowest BCUT2D eigenvalue weighted by Gasteiger charge is -2.33. The van der Waals surface area contributed by atoms with Crippen LogP contribution in [0.2, 0.25) is 0 Å². The van der Waals surface area contributed by atoms with Crippen LogP contribution in [0.5, 0.6) is 0 Å². The Kier molecular flexibility index (Phi) is 4.92. The van der Waals surface area contributed by atoms with Crippen LogP contribution in [-0.2, 0) is 11.8 Å². The van der Waals surface area contributed by atoms with Crippen LogP contribution in [0.25, 0.3) is 11.2 Å². The van der Waals surface area contributed by atoms with Crippen molar-refractivity contribution in [1.82, 2.24) is 29.7 Å². The Labute approximate surface area is 183 Å². The number of fused-ring (bicyclic) bond motifs is 1. The molecular formula is C23H31N7O. The predicted octanol–water partition coefficient (Wildman–Crippen LogP) is 3.64. The van der Waals surface area contributed by atoms with E-state index in [0.717, 1.165) is 53.5 Å². The molecule has 1 aliphatic carbocycles. The number of rotatable bonds is 3. The van der Waals surface area contributed by atoms with E-state index in [4.69, 9.17) is 24.7 Å². The van der Waals surface area contributed by atoms with Gasteiger partial charge < -0.3 is 9.64 Å². The number of hydrogen-bond acceptors (Lipinski definition) is 7. The normalized spacial score (nSPS) is 23.6. The molecule has 2 fully saturated rings. The molecule has 31 heavy (non-hydrogen) atoms. The Morgan fingerprint density at radius 1 is 1.10 bits per heavy atom. The van der Waals surface area contributed by atoms with E-state index in [0.29, 0.717) is 30.1 Å². The fourth-order valence-corrected chi connectivity index (χ4v) is 4.86. The van der Waals surface area contributed by atoms with Crippen LogP contribution in [0.3, 0.4) is 0 Å². The molecule has 3 aromatic heterocycles. The average Bonchev–Trinajstić information content (AvgIpc) is 3.33. The van der Waals surface area contributed by atoms with Crippen molar-refractivity contribution in [3.8, 4) is 0 Å². The Bertz CT molecular complexity index is 1120. The van der Waals surface area contributed by atoms with Crippen LogP contribution < -0.4 is 4.90 Å². The number of aryl methyl sites for hydroxylation is 3. The average molecular weight is 422 g/mol. The summed E-state index contributed by atoms with van der Waals surface area (Å²) in [4.78, 5) is 21.9. The maximum atomic E-state index is 6.03. The Morgan fingerprint density at radius 3 is 2.61 bits per heavy atom. The standard InChI is InChI=1S/C23H31N7O/c1-14-15(2)26-21-20(25-14)19(16-6-7-23(3,4)10-16)27-22(28-21)30-8-9-31-18(13-30)17-11-24-29(5)12-17/h11-12,16,18H,6-10,13H2,1-5H3. The SMILES string of the molecule is Cc1nc2nc(N3CCOC(c4cnn(C)c4)C3)nc(C3CCC(C)(C)C3)c2nc1C. The molecule has 2 atom stereocenters. The topological polar surface area (TPSA) is 81.9 Å². The van der Waals surface area contributed by atoms with Crippen molar-refractivity contribution < 1.29 is 4.74 Å². The zero-order chi connectivity index (χ0) is 21.8. The highest BCUT2D eigenvalue weighted by molar-refractivity contribution is 5.75. The number of anilines is 1. The molecule has 0 N–H and O–H groups in total. The minimum Gasteiger partial charge on any atom is -0.370 e. The molecule has 2 unspecified atom stereocenters. The molecule has 1 aliphatic heterocycles. The monoisotopic (exact) mass is 421 g/mol. The van der Waals surface area contributed by atoms with Gasteiger partial charge in [-0.3, -0.25) is 4.68 Å². The van der Waals surface area contributed by atoms with Crippen LogP contribution in [0, 0.1) is 19.3 Å². The van der Waals surface area contributed by atoms with E-state index >= 15 is 0 Å². The second-order valence-electron chi connectivity index (χ2n) is 9.83. The number of nitrogens with zero attached hydrogens (tertiary/aromatic N) is 7. The fraction of sp³-hybridized carbons (Fsp3) is 0.609. The van der Waals surface area contributed by atoms with Crippen molar-refractivity contribution in [3.63, 3.8) is 0 Å². The van der Waals surface area contributed by atoms with Gasteiger partial charge in [0.1, 0.15) is 11.6 Å². The van der Waals surface area contributed by atoms with Gasteiger partial charge in [0.2, 0.25) is 5.95 Å². The molecule has 2 aliphatic rings. The molecule has 5 rings (SSSR count).